The van der Waals surface area contributed by atoms with Gasteiger partial charge in [-0.05, 0) is 36.1 Å². The van der Waals surface area contributed by atoms with Crippen molar-refractivity contribution < 1.29 is 20.1 Å². The monoisotopic (exact) mass is 471 g/mol. The number of hydrogen-bond acceptors (Lipinski definition) is 8. The third-order valence-corrected chi connectivity index (χ3v) is 7.63. The van der Waals surface area contributed by atoms with Crippen LogP contribution in [0.2, 0.25) is 5.28 Å². The first-order valence-electron chi connectivity index (χ1n) is 11.4. The molecule has 33 heavy (non-hydrogen) atoms. The molecule has 4 heterocycles. The Labute approximate surface area is 195 Å². The number of hydrogen-bond donors (Lipinski definition) is 3. The third kappa shape index (κ3) is 3.18. The zero-order chi connectivity index (χ0) is 22.7. The van der Waals surface area contributed by atoms with Crippen LogP contribution in [0, 0.1) is 0 Å². The summed E-state index contributed by atoms with van der Waals surface area (Å²) >= 11 is 6.38. The van der Waals surface area contributed by atoms with Crippen molar-refractivity contribution in [3.05, 3.63) is 41.4 Å². The number of nitrogens with zero attached hydrogens (tertiary/aromatic N) is 5. The average Bonchev–Trinajstić information content (AvgIpc) is 3.47. The van der Waals surface area contributed by atoms with E-state index in [0.29, 0.717) is 17.0 Å². The van der Waals surface area contributed by atoms with Gasteiger partial charge in [-0.1, -0.05) is 37.5 Å². The Balaban J connectivity index is 1.46. The van der Waals surface area contributed by atoms with Gasteiger partial charge in [0, 0.05) is 17.6 Å². The number of anilines is 2. The number of aliphatic hydroxyl groups excluding tert-OH is 3. The van der Waals surface area contributed by atoms with E-state index in [-0.39, 0.29) is 10.7 Å². The number of halogens is 1. The molecule has 0 bridgehead atoms. The molecule has 3 N–H and O–H groups in total. The van der Waals surface area contributed by atoms with Crippen molar-refractivity contribution in [2.45, 2.75) is 62.1 Å². The largest absolute Gasteiger partial charge is 0.394 e. The van der Waals surface area contributed by atoms with Crippen LogP contribution in [0.5, 0.6) is 0 Å². The summed E-state index contributed by atoms with van der Waals surface area (Å²) in [6, 6.07) is 8.46. The molecule has 2 fully saturated rings. The standard InChI is InChI=1S/C23H26ClN5O4/c24-22-26-19(28-11-23(8-4-1-5-9-23)13-6-2-3-7-14(13)28)16-20(27-22)29(12-25-16)21-18(32)17(31)15(10-30)33-21/h2-3,6-7,12,15,17-18,21,30-32H,1,4-5,8-11H2/t15-,17+,18?,21-/m1/s1. The number of para-hydroxylation sites is 1. The summed E-state index contributed by atoms with van der Waals surface area (Å²) in [5.41, 5.74) is 3.49. The van der Waals surface area contributed by atoms with Gasteiger partial charge in [-0.25, -0.2) is 4.98 Å². The maximum Gasteiger partial charge on any atom is 0.226 e. The predicted octanol–water partition coefficient (Wildman–Crippen LogP) is 2.44. The van der Waals surface area contributed by atoms with Crippen LogP contribution in [0.25, 0.3) is 11.2 Å². The zero-order valence-corrected chi connectivity index (χ0v) is 18.8. The molecule has 174 valence electrons. The minimum Gasteiger partial charge on any atom is -0.394 e. The molecular formula is C23H26ClN5O4. The second kappa shape index (κ2) is 7.89. The number of aromatic nitrogens is 4. The summed E-state index contributed by atoms with van der Waals surface area (Å²) in [7, 11) is 0. The van der Waals surface area contributed by atoms with Gasteiger partial charge in [0.25, 0.3) is 0 Å². The molecule has 1 spiro atoms. The van der Waals surface area contributed by atoms with E-state index in [0.717, 1.165) is 25.1 Å². The van der Waals surface area contributed by atoms with Gasteiger partial charge in [-0.2, -0.15) is 9.97 Å². The van der Waals surface area contributed by atoms with Crippen molar-refractivity contribution in [3.63, 3.8) is 0 Å². The molecule has 2 aromatic heterocycles. The van der Waals surface area contributed by atoms with Gasteiger partial charge in [0.05, 0.1) is 12.9 Å². The molecule has 6 rings (SSSR count). The topological polar surface area (TPSA) is 117 Å². The Morgan fingerprint density at radius 3 is 2.64 bits per heavy atom. The van der Waals surface area contributed by atoms with E-state index in [2.05, 4.69) is 38.1 Å². The highest BCUT2D eigenvalue weighted by Gasteiger charge is 2.46. The average molecular weight is 472 g/mol. The van der Waals surface area contributed by atoms with Crippen LogP contribution in [-0.2, 0) is 10.2 Å². The summed E-state index contributed by atoms with van der Waals surface area (Å²) in [4.78, 5) is 15.7. The molecule has 4 atom stereocenters. The Bertz CT molecular complexity index is 1200. The first-order valence-corrected chi connectivity index (χ1v) is 11.8. The van der Waals surface area contributed by atoms with Gasteiger partial charge in [0.2, 0.25) is 5.28 Å². The molecule has 1 saturated heterocycles. The summed E-state index contributed by atoms with van der Waals surface area (Å²) < 4.78 is 7.24. The molecule has 1 saturated carbocycles. The first kappa shape index (κ1) is 21.2. The number of ether oxygens (including phenoxy) is 1. The van der Waals surface area contributed by atoms with Crippen molar-refractivity contribution in [2.24, 2.45) is 0 Å². The third-order valence-electron chi connectivity index (χ3n) is 7.46. The normalized spacial score (nSPS) is 28.7. The lowest BCUT2D eigenvalue weighted by atomic mass is 9.71. The van der Waals surface area contributed by atoms with Crippen LogP contribution < -0.4 is 4.90 Å². The highest BCUT2D eigenvalue weighted by Crippen LogP contribution is 2.51. The second-order valence-electron chi connectivity index (χ2n) is 9.31. The van der Waals surface area contributed by atoms with Gasteiger partial charge < -0.3 is 25.0 Å². The molecule has 3 aromatic rings. The molecule has 9 nitrogen and oxygen atoms in total. The molecular weight excluding hydrogens is 446 g/mol. The van der Waals surface area contributed by atoms with Gasteiger partial charge in [0.15, 0.2) is 23.2 Å². The minimum atomic E-state index is -1.24. The fourth-order valence-corrected chi connectivity index (χ4v) is 6.00. The quantitative estimate of drug-likeness (QED) is 0.499. The fourth-order valence-electron chi connectivity index (χ4n) is 5.84. The van der Waals surface area contributed by atoms with E-state index >= 15 is 0 Å². The molecule has 1 aromatic carbocycles. The molecule has 1 aliphatic carbocycles. The second-order valence-corrected chi connectivity index (χ2v) is 9.65. The Hall–Kier alpha value is -2.30. The Morgan fingerprint density at radius 1 is 1.09 bits per heavy atom. The molecule has 2 aliphatic heterocycles. The highest BCUT2D eigenvalue weighted by molar-refractivity contribution is 6.28. The van der Waals surface area contributed by atoms with E-state index in [1.165, 1.54) is 31.2 Å². The summed E-state index contributed by atoms with van der Waals surface area (Å²) in [6.45, 7) is 0.393. The zero-order valence-electron chi connectivity index (χ0n) is 18.0. The van der Waals surface area contributed by atoms with Crippen LogP contribution >= 0.6 is 11.6 Å². The smallest absolute Gasteiger partial charge is 0.226 e. The first-order chi connectivity index (χ1) is 16.0. The fraction of sp³-hybridized carbons (Fsp3) is 0.522. The van der Waals surface area contributed by atoms with Crippen LogP contribution in [0.1, 0.15) is 43.9 Å². The van der Waals surface area contributed by atoms with E-state index in [9.17, 15) is 15.3 Å². The predicted molar refractivity (Wildman–Crippen MR) is 122 cm³/mol. The lowest BCUT2D eigenvalue weighted by Gasteiger charge is -2.34. The van der Waals surface area contributed by atoms with Crippen molar-refractivity contribution in [1.82, 2.24) is 19.5 Å². The van der Waals surface area contributed by atoms with E-state index < -0.39 is 31.1 Å². The van der Waals surface area contributed by atoms with Gasteiger partial charge >= 0.3 is 0 Å². The lowest BCUT2D eigenvalue weighted by Crippen LogP contribution is -2.34. The summed E-state index contributed by atoms with van der Waals surface area (Å²) in [5.74, 6) is 0.616. The van der Waals surface area contributed by atoms with Crippen LogP contribution in [0.4, 0.5) is 11.5 Å². The van der Waals surface area contributed by atoms with Crippen molar-refractivity contribution >= 4 is 34.3 Å². The molecule has 3 aliphatic rings. The van der Waals surface area contributed by atoms with Gasteiger partial charge in [0.1, 0.15) is 18.3 Å². The van der Waals surface area contributed by atoms with E-state index in [1.807, 2.05) is 6.07 Å². The minimum absolute atomic E-state index is 0.0630. The van der Waals surface area contributed by atoms with Crippen LogP contribution in [0.15, 0.2) is 30.6 Å². The Kier molecular flexibility index (Phi) is 5.08. The highest BCUT2D eigenvalue weighted by atomic mass is 35.5. The number of aliphatic hydroxyl groups is 3. The van der Waals surface area contributed by atoms with E-state index in [4.69, 9.17) is 16.3 Å². The van der Waals surface area contributed by atoms with Crippen molar-refractivity contribution in [1.29, 1.82) is 0 Å². The number of benzene rings is 1. The molecule has 10 heteroatoms. The van der Waals surface area contributed by atoms with Crippen LogP contribution in [-0.4, -0.2) is 66.3 Å². The Morgan fingerprint density at radius 2 is 1.88 bits per heavy atom. The SMILES string of the molecule is OC[C@H]1O[C@@H](n2cnc3c(N4CC5(CCCCC5)c5ccccc54)nc(Cl)nc32)C(O)[C@H]1O. The number of imidazole rings is 1. The lowest BCUT2D eigenvalue weighted by molar-refractivity contribution is -0.0511. The summed E-state index contributed by atoms with van der Waals surface area (Å²) in [5, 5.41) is 30.2. The van der Waals surface area contributed by atoms with E-state index in [1.54, 1.807) is 4.57 Å². The number of rotatable bonds is 3. The van der Waals surface area contributed by atoms with Gasteiger partial charge in [-0.15, -0.1) is 0 Å². The van der Waals surface area contributed by atoms with Crippen molar-refractivity contribution in [2.75, 3.05) is 18.1 Å². The maximum atomic E-state index is 10.5. The van der Waals surface area contributed by atoms with Gasteiger partial charge in [-0.3, -0.25) is 4.57 Å². The molecule has 0 radical (unpaired) electrons. The molecule has 0 amide bonds. The maximum absolute atomic E-state index is 10.5. The number of fused-ring (bicyclic) bond motifs is 3. The van der Waals surface area contributed by atoms with Crippen LogP contribution in [0.3, 0.4) is 0 Å². The molecule has 1 unspecified atom stereocenters. The van der Waals surface area contributed by atoms with Crippen molar-refractivity contribution in [3.8, 4) is 0 Å². The summed E-state index contributed by atoms with van der Waals surface area (Å²) in [6.07, 6.45) is 3.18.